The van der Waals surface area contributed by atoms with E-state index < -0.39 is 0 Å². The van der Waals surface area contributed by atoms with Crippen LogP contribution in [0.4, 0.5) is 5.69 Å². The van der Waals surface area contributed by atoms with Crippen LogP contribution in [-0.2, 0) is 22.4 Å². The summed E-state index contributed by atoms with van der Waals surface area (Å²) in [4.78, 5) is 29.8. The number of carbonyl (C=O) groups excluding carboxylic acids is 2. The Hall–Kier alpha value is -2.44. The van der Waals surface area contributed by atoms with Crippen molar-refractivity contribution in [3.05, 3.63) is 70.1 Å². The topological polar surface area (TPSA) is 40.6 Å². The fraction of sp³-hybridized carbons (Fsp3) is 0.320. The van der Waals surface area contributed by atoms with Gasteiger partial charge in [-0.15, -0.1) is 0 Å². The third kappa shape index (κ3) is 4.91. The van der Waals surface area contributed by atoms with Crippen molar-refractivity contribution in [2.24, 2.45) is 0 Å². The molecule has 160 valence electrons. The number of thioether (sulfide) groups is 1. The van der Waals surface area contributed by atoms with Gasteiger partial charge in [-0.25, -0.2) is 0 Å². The standard InChI is InChI=1S/C25H26N2O2S2/c1-2-18-11-13-19(14-12-18)17-22-24(29)27(25(30)31-22)16-6-10-23(28)26-15-5-8-20-7-3-4-9-21(20)26/h3-4,7,9,11-14,17H,2,5-6,8,10,15-16H2,1H3/b22-17-. The number of para-hydroxylation sites is 1. The van der Waals surface area contributed by atoms with Gasteiger partial charge < -0.3 is 4.90 Å². The number of nitrogens with zero attached hydrogens (tertiary/aromatic N) is 2. The number of carbonyl (C=O) groups is 2. The van der Waals surface area contributed by atoms with E-state index in [4.69, 9.17) is 12.2 Å². The largest absolute Gasteiger partial charge is 0.312 e. The van der Waals surface area contributed by atoms with E-state index in [2.05, 4.69) is 25.1 Å². The average molecular weight is 451 g/mol. The van der Waals surface area contributed by atoms with Gasteiger partial charge in [-0.1, -0.05) is 73.4 Å². The fourth-order valence-electron chi connectivity index (χ4n) is 4.01. The smallest absolute Gasteiger partial charge is 0.266 e. The Morgan fingerprint density at radius 3 is 2.71 bits per heavy atom. The van der Waals surface area contributed by atoms with Crippen molar-refractivity contribution in [1.29, 1.82) is 0 Å². The molecule has 0 unspecified atom stereocenters. The number of hydrogen-bond acceptors (Lipinski definition) is 4. The molecule has 0 atom stereocenters. The molecule has 0 spiro atoms. The lowest BCUT2D eigenvalue weighted by atomic mass is 10.0. The van der Waals surface area contributed by atoms with Gasteiger partial charge in [-0.2, -0.15) is 0 Å². The van der Waals surface area contributed by atoms with Gasteiger partial charge in [-0.3, -0.25) is 14.5 Å². The summed E-state index contributed by atoms with van der Waals surface area (Å²) in [5.41, 5.74) is 4.53. The second-order valence-corrected chi connectivity index (χ2v) is 9.49. The summed E-state index contributed by atoms with van der Waals surface area (Å²) in [6.45, 7) is 3.35. The summed E-state index contributed by atoms with van der Waals surface area (Å²) in [5.74, 6) is 0.0504. The van der Waals surface area contributed by atoms with Gasteiger partial charge in [0.1, 0.15) is 4.32 Å². The van der Waals surface area contributed by atoms with E-state index >= 15 is 0 Å². The van der Waals surface area contributed by atoms with Crippen LogP contribution >= 0.6 is 24.0 Å². The number of rotatable bonds is 6. The second kappa shape index (κ2) is 9.79. The van der Waals surface area contributed by atoms with E-state index in [1.54, 1.807) is 4.90 Å². The number of hydrogen-bond donors (Lipinski definition) is 0. The lowest BCUT2D eigenvalue weighted by molar-refractivity contribution is -0.123. The third-order valence-corrected chi connectivity index (χ3v) is 7.12. The number of amides is 2. The Kier molecular flexibility index (Phi) is 6.88. The van der Waals surface area contributed by atoms with Gasteiger partial charge in [0, 0.05) is 25.2 Å². The van der Waals surface area contributed by atoms with Crippen LogP contribution in [0.2, 0.25) is 0 Å². The van der Waals surface area contributed by atoms with E-state index in [1.165, 1.54) is 22.9 Å². The molecule has 2 aliphatic heterocycles. The minimum absolute atomic E-state index is 0.0645. The van der Waals surface area contributed by atoms with Crippen LogP contribution in [0.5, 0.6) is 0 Å². The zero-order valence-corrected chi connectivity index (χ0v) is 19.3. The van der Waals surface area contributed by atoms with Gasteiger partial charge in [0.15, 0.2) is 0 Å². The number of fused-ring (bicyclic) bond motifs is 1. The molecule has 2 amide bonds. The summed E-state index contributed by atoms with van der Waals surface area (Å²) >= 11 is 6.78. The summed E-state index contributed by atoms with van der Waals surface area (Å²) in [6.07, 6.45) is 5.90. The van der Waals surface area contributed by atoms with Crippen LogP contribution in [0.3, 0.4) is 0 Å². The van der Waals surface area contributed by atoms with Crippen LogP contribution in [0.1, 0.15) is 42.9 Å². The summed E-state index contributed by atoms with van der Waals surface area (Å²) < 4.78 is 0.567. The Bertz CT molecular complexity index is 1030. The van der Waals surface area contributed by atoms with Crippen molar-refractivity contribution in [3.63, 3.8) is 0 Å². The molecule has 2 aromatic rings. The first kappa shape index (κ1) is 21.8. The van der Waals surface area contributed by atoms with E-state index in [-0.39, 0.29) is 11.8 Å². The van der Waals surface area contributed by atoms with Crippen molar-refractivity contribution in [2.75, 3.05) is 18.0 Å². The van der Waals surface area contributed by atoms with Crippen LogP contribution in [-0.4, -0.2) is 34.1 Å². The maximum atomic E-state index is 12.8. The zero-order chi connectivity index (χ0) is 21.8. The SMILES string of the molecule is CCc1ccc(/C=C2\SC(=S)N(CCCC(=O)N3CCCc4ccccc43)C2=O)cc1. The Labute approximate surface area is 193 Å². The van der Waals surface area contributed by atoms with Gasteiger partial charge in [-0.05, 0) is 54.5 Å². The molecule has 0 N–H and O–H groups in total. The van der Waals surface area contributed by atoms with Crippen molar-refractivity contribution < 1.29 is 9.59 Å². The highest BCUT2D eigenvalue weighted by molar-refractivity contribution is 8.26. The van der Waals surface area contributed by atoms with Gasteiger partial charge >= 0.3 is 0 Å². The monoisotopic (exact) mass is 450 g/mol. The predicted molar refractivity (Wildman–Crippen MR) is 132 cm³/mol. The number of anilines is 1. The molecule has 0 aliphatic carbocycles. The molecule has 31 heavy (non-hydrogen) atoms. The quantitative estimate of drug-likeness (QED) is 0.447. The maximum absolute atomic E-state index is 12.8. The second-order valence-electron chi connectivity index (χ2n) is 7.81. The Morgan fingerprint density at radius 2 is 1.94 bits per heavy atom. The van der Waals surface area contributed by atoms with Gasteiger partial charge in [0.2, 0.25) is 5.91 Å². The van der Waals surface area contributed by atoms with Crippen LogP contribution in [0.25, 0.3) is 6.08 Å². The van der Waals surface area contributed by atoms with Crippen molar-refractivity contribution in [1.82, 2.24) is 4.90 Å². The summed E-state index contributed by atoms with van der Waals surface area (Å²) in [6, 6.07) is 16.3. The molecule has 0 saturated carbocycles. The molecule has 1 fully saturated rings. The molecule has 1 saturated heterocycles. The first-order chi connectivity index (χ1) is 15.1. The average Bonchev–Trinajstić information content (AvgIpc) is 3.06. The van der Waals surface area contributed by atoms with Crippen LogP contribution < -0.4 is 4.90 Å². The molecular weight excluding hydrogens is 424 g/mol. The van der Waals surface area contributed by atoms with Gasteiger partial charge in [0.25, 0.3) is 5.91 Å². The molecule has 2 heterocycles. The molecular formula is C25H26N2O2S2. The third-order valence-electron chi connectivity index (χ3n) is 5.74. The number of aryl methyl sites for hydroxylation is 2. The molecule has 4 rings (SSSR count). The highest BCUT2D eigenvalue weighted by Crippen LogP contribution is 2.33. The molecule has 6 heteroatoms. The van der Waals surface area contributed by atoms with E-state index in [9.17, 15) is 9.59 Å². The van der Waals surface area contributed by atoms with Crippen molar-refractivity contribution in [2.45, 2.75) is 39.0 Å². The maximum Gasteiger partial charge on any atom is 0.266 e. The summed E-state index contributed by atoms with van der Waals surface area (Å²) in [7, 11) is 0. The van der Waals surface area contributed by atoms with Crippen molar-refractivity contribution >= 4 is 51.9 Å². The molecule has 0 bridgehead atoms. The number of benzene rings is 2. The van der Waals surface area contributed by atoms with E-state index in [0.29, 0.717) is 28.6 Å². The first-order valence-electron chi connectivity index (χ1n) is 10.8. The van der Waals surface area contributed by atoms with Crippen molar-refractivity contribution in [3.8, 4) is 0 Å². The predicted octanol–water partition coefficient (Wildman–Crippen LogP) is 5.21. The summed E-state index contributed by atoms with van der Waals surface area (Å²) in [5, 5.41) is 0. The van der Waals surface area contributed by atoms with Gasteiger partial charge in [0.05, 0.1) is 4.91 Å². The fourth-order valence-corrected chi connectivity index (χ4v) is 5.32. The van der Waals surface area contributed by atoms with Crippen LogP contribution in [0, 0.1) is 0 Å². The molecule has 2 aromatic carbocycles. The molecule has 0 radical (unpaired) electrons. The van der Waals surface area contributed by atoms with E-state index in [1.807, 2.05) is 41.3 Å². The first-order valence-corrected chi connectivity index (χ1v) is 12.0. The lowest BCUT2D eigenvalue weighted by Gasteiger charge is -2.29. The minimum Gasteiger partial charge on any atom is -0.312 e. The lowest BCUT2D eigenvalue weighted by Crippen LogP contribution is -2.36. The molecule has 2 aliphatic rings. The highest BCUT2D eigenvalue weighted by Gasteiger charge is 2.32. The highest BCUT2D eigenvalue weighted by atomic mass is 32.2. The minimum atomic E-state index is -0.0645. The van der Waals surface area contributed by atoms with Crippen LogP contribution in [0.15, 0.2) is 53.4 Å². The normalized spacial score (nSPS) is 17.4. The number of thiocarbonyl (C=S) groups is 1. The Morgan fingerprint density at radius 1 is 1.16 bits per heavy atom. The molecule has 4 nitrogen and oxygen atoms in total. The Balaban J connectivity index is 1.35. The molecule has 0 aromatic heterocycles. The zero-order valence-electron chi connectivity index (χ0n) is 17.7. The van der Waals surface area contributed by atoms with E-state index in [0.717, 1.165) is 37.1 Å².